The van der Waals surface area contributed by atoms with E-state index in [0.29, 0.717) is 17.8 Å². The Balaban J connectivity index is 1.81. The molecule has 0 spiro atoms. The van der Waals surface area contributed by atoms with Gasteiger partial charge in [0.25, 0.3) is 0 Å². The van der Waals surface area contributed by atoms with E-state index in [2.05, 4.69) is 52.0 Å². The molecule has 4 rings (SSSR count). The number of fused-ring (bicyclic) bond motifs is 2. The van der Waals surface area contributed by atoms with Crippen LogP contribution in [0.1, 0.15) is 91.7 Å². The first-order valence-electron chi connectivity index (χ1n) is 11.0. The van der Waals surface area contributed by atoms with Gasteiger partial charge in [0, 0.05) is 17.0 Å². The van der Waals surface area contributed by atoms with Crippen LogP contribution in [0.25, 0.3) is 0 Å². The molecule has 1 aliphatic carbocycles. The third kappa shape index (κ3) is 3.32. The first-order chi connectivity index (χ1) is 13.5. The lowest BCUT2D eigenvalue weighted by atomic mass is 9.78. The summed E-state index contributed by atoms with van der Waals surface area (Å²) in [6.45, 7) is 9.90. The molecule has 0 fully saturated rings. The number of hydrogen-bond donors (Lipinski definition) is 0. The lowest BCUT2D eigenvalue weighted by Gasteiger charge is -2.32. The first kappa shape index (κ1) is 19.4. The minimum atomic E-state index is 0.354. The Hall–Kier alpha value is -1.96. The average Bonchev–Trinajstić information content (AvgIpc) is 2.71. The fourth-order valence-corrected chi connectivity index (χ4v) is 5.26. The van der Waals surface area contributed by atoms with Crippen LogP contribution in [-0.4, -0.2) is 13.7 Å². The van der Waals surface area contributed by atoms with Gasteiger partial charge in [0.2, 0.25) is 0 Å². The van der Waals surface area contributed by atoms with Crippen molar-refractivity contribution >= 4 is 0 Å². The van der Waals surface area contributed by atoms with Crippen molar-refractivity contribution in [1.29, 1.82) is 0 Å². The van der Waals surface area contributed by atoms with Gasteiger partial charge >= 0.3 is 0 Å². The van der Waals surface area contributed by atoms with E-state index in [1.54, 1.807) is 11.1 Å². The zero-order valence-electron chi connectivity index (χ0n) is 18.1. The molecular formula is C26H34O2. The van der Waals surface area contributed by atoms with Crippen LogP contribution >= 0.6 is 0 Å². The van der Waals surface area contributed by atoms with Crippen molar-refractivity contribution < 1.29 is 9.47 Å². The fourth-order valence-electron chi connectivity index (χ4n) is 5.26. The van der Waals surface area contributed by atoms with E-state index in [0.717, 1.165) is 24.5 Å². The van der Waals surface area contributed by atoms with Gasteiger partial charge in [-0.2, -0.15) is 0 Å². The maximum Gasteiger partial charge on any atom is 0.126 e. The van der Waals surface area contributed by atoms with Crippen LogP contribution in [0.15, 0.2) is 24.3 Å². The van der Waals surface area contributed by atoms with Crippen molar-refractivity contribution in [3.8, 4) is 11.5 Å². The van der Waals surface area contributed by atoms with Crippen molar-refractivity contribution in [3.05, 3.63) is 57.6 Å². The summed E-state index contributed by atoms with van der Waals surface area (Å²) in [5.41, 5.74) is 8.71. The minimum absolute atomic E-state index is 0.354. The lowest BCUT2D eigenvalue weighted by Crippen LogP contribution is -2.23. The van der Waals surface area contributed by atoms with E-state index in [1.165, 1.54) is 47.9 Å². The standard InChI is InChI=1S/C26H34O2/c1-16(2)20-11-8-12-24-23(20)14-19(15-28-24)22-13-18-9-6-7-10-21(18)25(17(3)4)26(22)27-5/h8,11-13,16-17,19H,6-7,9-10,14-15H2,1-5H3. The van der Waals surface area contributed by atoms with E-state index in [1.807, 2.05) is 7.11 Å². The van der Waals surface area contributed by atoms with Crippen LogP contribution in [0.4, 0.5) is 0 Å². The molecule has 0 bridgehead atoms. The van der Waals surface area contributed by atoms with Crippen LogP contribution < -0.4 is 9.47 Å². The molecular weight excluding hydrogens is 344 g/mol. The molecule has 1 atom stereocenters. The van der Waals surface area contributed by atoms with Crippen molar-refractivity contribution in [3.63, 3.8) is 0 Å². The van der Waals surface area contributed by atoms with Crippen LogP contribution in [0.3, 0.4) is 0 Å². The van der Waals surface area contributed by atoms with Gasteiger partial charge in [-0.3, -0.25) is 0 Å². The Kier molecular flexibility index (Phi) is 5.40. The molecule has 0 N–H and O–H groups in total. The molecule has 2 nitrogen and oxygen atoms in total. The molecule has 0 aromatic heterocycles. The molecule has 0 saturated heterocycles. The summed E-state index contributed by atoms with van der Waals surface area (Å²) < 4.78 is 12.3. The van der Waals surface area contributed by atoms with Gasteiger partial charge in [-0.25, -0.2) is 0 Å². The molecule has 0 radical (unpaired) electrons. The molecule has 2 aromatic carbocycles. The smallest absolute Gasteiger partial charge is 0.126 e. The molecule has 1 heterocycles. The van der Waals surface area contributed by atoms with Gasteiger partial charge in [-0.1, -0.05) is 45.9 Å². The van der Waals surface area contributed by atoms with Gasteiger partial charge in [0.05, 0.1) is 13.7 Å². The normalized spacial score (nSPS) is 18.6. The van der Waals surface area contributed by atoms with Crippen molar-refractivity contribution in [2.45, 2.75) is 77.6 Å². The van der Waals surface area contributed by atoms with Crippen LogP contribution in [0.5, 0.6) is 11.5 Å². The lowest BCUT2D eigenvalue weighted by molar-refractivity contribution is 0.257. The number of rotatable bonds is 4. The first-order valence-corrected chi connectivity index (χ1v) is 11.0. The zero-order valence-corrected chi connectivity index (χ0v) is 18.1. The Morgan fingerprint density at radius 3 is 2.50 bits per heavy atom. The molecule has 2 aromatic rings. The van der Waals surface area contributed by atoms with Crippen LogP contribution in [0.2, 0.25) is 0 Å². The van der Waals surface area contributed by atoms with Crippen molar-refractivity contribution in [2.75, 3.05) is 13.7 Å². The van der Waals surface area contributed by atoms with E-state index in [-0.39, 0.29) is 0 Å². The summed E-state index contributed by atoms with van der Waals surface area (Å²) in [5, 5.41) is 0. The Bertz CT molecular complexity index is 863. The van der Waals surface area contributed by atoms with Gasteiger partial charge in [0.15, 0.2) is 0 Å². The summed E-state index contributed by atoms with van der Waals surface area (Å²) in [6, 6.07) is 8.97. The Morgan fingerprint density at radius 2 is 1.79 bits per heavy atom. The third-order valence-corrected chi connectivity index (χ3v) is 6.58. The second kappa shape index (κ2) is 7.81. The summed E-state index contributed by atoms with van der Waals surface area (Å²) in [5.74, 6) is 3.53. The minimum Gasteiger partial charge on any atom is -0.496 e. The van der Waals surface area contributed by atoms with Crippen LogP contribution in [-0.2, 0) is 19.3 Å². The summed E-state index contributed by atoms with van der Waals surface area (Å²) >= 11 is 0. The third-order valence-electron chi connectivity index (χ3n) is 6.58. The Morgan fingerprint density at radius 1 is 1.00 bits per heavy atom. The molecule has 1 aliphatic heterocycles. The molecule has 0 amide bonds. The number of ether oxygens (including phenoxy) is 2. The number of benzene rings is 2. The van der Waals surface area contributed by atoms with E-state index in [9.17, 15) is 0 Å². The van der Waals surface area contributed by atoms with Gasteiger partial charge in [-0.05, 0) is 72.3 Å². The van der Waals surface area contributed by atoms with Crippen molar-refractivity contribution in [1.82, 2.24) is 0 Å². The quantitative estimate of drug-likeness (QED) is 0.601. The van der Waals surface area contributed by atoms with Crippen molar-refractivity contribution in [2.24, 2.45) is 0 Å². The van der Waals surface area contributed by atoms with Gasteiger partial charge in [-0.15, -0.1) is 0 Å². The van der Waals surface area contributed by atoms with Crippen LogP contribution in [0, 0.1) is 0 Å². The zero-order chi connectivity index (χ0) is 19.8. The number of hydrogen-bond acceptors (Lipinski definition) is 2. The largest absolute Gasteiger partial charge is 0.496 e. The highest BCUT2D eigenvalue weighted by molar-refractivity contribution is 5.56. The summed E-state index contributed by atoms with van der Waals surface area (Å²) in [6.07, 6.45) is 6.04. The topological polar surface area (TPSA) is 18.5 Å². The highest BCUT2D eigenvalue weighted by atomic mass is 16.5. The maximum absolute atomic E-state index is 6.27. The van der Waals surface area contributed by atoms with E-state index < -0.39 is 0 Å². The maximum atomic E-state index is 6.27. The van der Waals surface area contributed by atoms with E-state index >= 15 is 0 Å². The summed E-state index contributed by atoms with van der Waals surface area (Å²) in [4.78, 5) is 0. The fraction of sp³-hybridized carbons (Fsp3) is 0.538. The summed E-state index contributed by atoms with van der Waals surface area (Å²) in [7, 11) is 1.84. The highest BCUT2D eigenvalue weighted by Crippen LogP contribution is 2.45. The monoisotopic (exact) mass is 378 g/mol. The SMILES string of the molecule is COc1c(C2COc3cccc(C(C)C)c3C2)cc2c(c1C(C)C)CCCC2. The molecule has 2 heteroatoms. The Labute approximate surface area is 170 Å². The molecule has 1 unspecified atom stereocenters. The second-order valence-electron chi connectivity index (χ2n) is 9.10. The number of aryl methyl sites for hydroxylation is 1. The van der Waals surface area contributed by atoms with Gasteiger partial charge < -0.3 is 9.47 Å². The molecule has 2 aliphatic rings. The predicted molar refractivity (Wildman–Crippen MR) is 116 cm³/mol. The van der Waals surface area contributed by atoms with E-state index in [4.69, 9.17) is 9.47 Å². The predicted octanol–water partition coefficient (Wildman–Crippen LogP) is 6.54. The average molecular weight is 379 g/mol. The molecule has 150 valence electrons. The number of methoxy groups -OCH3 is 1. The highest BCUT2D eigenvalue weighted by Gasteiger charge is 2.30. The second-order valence-corrected chi connectivity index (χ2v) is 9.10. The molecule has 28 heavy (non-hydrogen) atoms. The molecule has 0 saturated carbocycles. The van der Waals surface area contributed by atoms with Gasteiger partial charge in [0.1, 0.15) is 11.5 Å².